The minimum atomic E-state index is -0.671. The molecule has 3 aromatic rings. The van der Waals surface area contributed by atoms with E-state index in [1.54, 1.807) is 6.92 Å². The molecular weight excluding hydrogens is 293 g/mol. The number of carbonyl (C=O) groups is 1. The van der Waals surface area contributed by atoms with Crippen LogP contribution in [0.2, 0.25) is 0 Å². The van der Waals surface area contributed by atoms with Crippen molar-refractivity contribution in [3.8, 4) is 5.69 Å². The molecule has 0 saturated heterocycles. The number of rotatable bonds is 4. The van der Waals surface area contributed by atoms with Gasteiger partial charge in [-0.3, -0.25) is 0 Å². The summed E-state index contributed by atoms with van der Waals surface area (Å²) in [5.74, 6) is -0.396. The van der Waals surface area contributed by atoms with E-state index >= 15 is 0 Å². The molecule has 0 unspecified atom stereocenters. The van der Waals surface area contributed by atoms with Crippen LogP contribution >= 0.6 is 0 Å². The molecule has 0 atom stereocenters. The lowest BCUT2D eigenvalue weighted by Gasteiger charge is -1.99. The van der Waals surface area contributed by atoms with Gasteiger partial charge in [-0.15, -0.1) is 5.10 Å². The normalized spacial score (nSPS) is 10.6. The molecule has 1 aromatic carbocycles. The van der Waals surface area contributed by atoms with Gasteiger partial charge in [0, 0.05) is 6.92 Å². The first-order valence-electron chi connectivity index (χ1n) is 6.26. The molecule has 0 bridgehead atoms. The van der Waals surface area contributed by atoms with Crippen molar-refractivity contribution in [1.82, 2.24) is 25.1 Å². The van der Waals surface area contributed by atoms with Crippen molar-refractivity contribution in [3.63, 3.8) is 0 Å². The number of ether oxygens (including phenoxy) is 1. The standard InChI is InChI=1S/C13H10FN5O3/c1-8-16-12(18-22-8)7-21-13(20)11-6-15-19(17-11)10-4-2-9(14)3-5-10/h2-6H,7H2,1H3. The fraction of sp³-hybridized carbons (Fsp3) is 0.154. The summed E-state index contributed by atoms with van der Waals surface area (Å²) < 4.78 is 22.6. The number of aromatic nitrogens is 5. The lowest BCUT2D eigenvalue weighted by atomic mass is 10.3. The number of hydrogen-bond acceptors (Lipinski definition) is 7. The molecule has 0 amide bonds. The Balaban J connectivity index is 1.67. The topological polar surface area (TPSA) is 95.9 Å². The molecule has 0 spiro atoms. The van der Waals surface area contributed by atoms with Crippen LogP contribution in [0.15, 0.2) is 35.0 Å². The Morgan fingerprint density at radius 2 is 2.14 bits per heavy atom. The summed E-state index contributed by atoms with van der Waals surface area (Å²) in [7, 11) is 0. The van der Waals surface area contributed by atoms with Crippen molar-refractivity contribution in [3.05, 3.63) is 53.7 Å². The Kier molecular flexibility index (Phi) is 3.60. The van der Waals surface area contributed by atoms with Crippen LogP contribution in [0.1, 0.15) is 22.2 Å². The third-order valence-corrected chi connectivity index (χ3v) is 2.66. The van der Waals surface area contributed by atoms with Gasteiger partial charge in [-0.25, -0.2) is 9.18 Å². The van der Waals surface area contributed by atoms with E-state index in [-0.39, 0.29) is 23.9 Å². The van der Waals surface area contributed by atoms with E-state index in [9.17, 15) is 9.18 Å². The summed E-state index contributed by atoms with van der Waals surface area (Å²) in [6.45, 7) is 1.51. The Morgan fingerprint density at radius 1 is 1.36 bits per heavy atom. The monoisotopic (exact) mass is 303 g/mol. The molecule has 0 aliphatic carbocycles. The number of benzene rings is 1. The molecule has 0 N–H and O–H groups in total. The van der Waals surface area contributed by atoms with Crippen molar-refractivity contribution >= 4 is 5.97 Å². The van der Waals surface area contributed by atoms with Crippen LogP contribution < -0.4 is 0 Å². The zero-order valence-corrected chi connectivity index (χ0v) is 11.4. The Labute approximate surface area is 123 Å². The number of esters is 1. The zero-order valence-electron chi connectivity index (χ0n) is 11.4. The molecule has 0 fully saturated rings. The molecule has 9 heteroatoms. The van der Waals surface area contributed by atoms with E-state index < -0.39 is 5.97 Å². The van der Waals surface area contributed by atoms with E-state index in [0.717, 1.165) is 0 Å². The number of hydrogen-bond donors (Lipinski definition) is 0. The van der Waals surface area contributed by atoms with Gasteiger partial charge in [-0.05, 0) is 24.3 Å². The second-order valence-electron chi connectivity index (χ2n) is 4.30. The molecule has 0 aliphatic heterocycles. The third kappa shape index (κ3) is 2.97. The van der Waals surface area contributed by atoms with Crippen LogP contribution in [0.4, 0.5) is 4.39 Å². The van der Waals surface area contributed by atoms with E-state index in [2.05, 4.69) is 20.3 Å². The van der Waals surface area contributed by atoms with Crippen LogP contribution in [-0.4, -0.2) is 31.1 Å². The highest BCUT2D eigenvalue weighted by Crippen LogP contribution is 2.08. The van der Waals surface area contributed by atoms with Crippen LogP contribution in [0.25, 0.3) is 5.69 Å². The Morgan fingerprint density at radius 3 is 2.82 bits per heavy atom. The maximum atomic E-state index is 12.9. The second-order valence-corrected chi connectivity index (χ2v) is 4.30. The number of halogens is 1. The van der Waals surface area contributed by atoms with Crippen LogP contribution in [0.5, 0.6) is 0 Å². The van der Waals surface area contributed by atoms with Gasteiger partial charge in [0.05, 0.1) is 11.9 Å². The minimum absolute atomic E-state index is 0.0181. The van der Waals surface area contributed by atoms with Gasteiger partial charge in [0.15, 0.2) is 12.3 Å². The second kappa shape index (κ2) is 5.72. The van der Waals surface area contributed by atoms with Gasteiger partial charge in [-0.2, -0.15) is 14.9 Å². The molecule has 2 heterocycles. The summed E-state index contributed by atoms with van der Waals surface area (Å²) in [5, 5.41) is 11.5. The van der Waals surface area contributed by atoms with Gasteiger partial charge in [-0.1, -0.05) is 5.16 Å². The fourth-order valence-corrected chi connectivity index (χ4v) is 1.66. The van der Waals surface area contributed by atoms with E-state index in [4.69, 9.17) is 9.26 Å². The average molecular weight is 303 g/mol. The van der Waals surface area contributed by atoms with Crippen molar-refractivity contribution in [1.29, 1.82) is 0 Å². The van der Waals surface area contributed by atoms with Gasteiger partial charge in [0.2, 0.25) is 11.7 Å². The van der Waals surface area contributed by atoms with Crippen LogP contribution in [0.3, 0.4) is 0 Å². The van der Waals surface area contributed by atoms with Crippen molar-refractivity contribution < 1.29 is 18.4 Å². The van der Waals surface area contributed by atoms with Crippen molar-refractivity contribution in [2.24, 2.45) is 0 Å². The molecule has 0 aliphatic rings. The lowest BCUT2D eigenvalue weighted by molar-refractivity contribution is 0.0452. The number of aryl methyl sites for hydroxylation is 1. The highest BCUT2D eigenvalue weighted by molar-refractivity contribution is 5.86. The predicted octanol–water partition coefficient (Wildman–Crippen LogP) is 1.45. The van der Waals surface area contributed by atoms with Crippen LogP contribution in [-0.2, 0) is 11.3 Å². The zero-order chi connectivity index (χ0) is 15.5. The third-order valence-electron chi connectivity index (χ3n) is 2.66. The molecule has 112 valence electrons. The average Bonchev–Trinajstić information content (AvgIpc) is 3.15. The molecule has 0 saturated carbocycles. The molecule has 8 nitrogen and oxygen atoms in total. The predicted molar refractivity (Wildman–Crippen MR) is 69.5 cm³/mol. The summed E-state index contributed by atoms with van der Waals surface area (Å²) in [4.78, 5) is 16.9. The highest BCUT2D eigenvalue weighted by atomic mass is 19.1. The van der Waals surface area contributed by atoms with Gasteiger partial charge < -0.3 is 9.26 Å². The Hall–Kier alpha value is -3.10. The first-order chi connectivity index (χ1) is 10.6. The van der Waals surface area contributed by atoms with Gasteiger partial charge in [0.1, 0.15) is 5.82 Å². The van der Waals surface area contributed by atoms with Gasteiger partial charge in [0.25, 0.3) is 0 Å². The molecule has 2 aromatic heterocycles. The Bertz CT molecular complexity index is 796. The molecule has 22 heavy (non-hydrogen) atoms. The summed E-state index contributed by atoms with van der Waals surface area (Å²) in [6.07, 6.45) is 1.26. The largest absolute Gasteiger partial charge is 0.452 e. The van der Waals surface area contributed by atoms with E-state index in [0.29, 0.717) is 11.6 Å². The van der Waals surface area contributed by atoms with Gasteiger partial charge >= 0.3 is 5.97 Å². The van der Waals surface area contributed by atoms with Crippen molar-refractivity contribution in [2.75, 3.05) is 0 Å². The molecule has 0 radical (unpaired) electrons. The van der Waals surface area contributed by atoms with E-state index in [1.165, 1.54) is 35.3 Å². The minimum Gasteiger partial charge on any atom is -0.452 e. The maximum Gasteiger partial charge on any atom is 0.361 e. The molecule has 3 rings (SSSR count). The maximum absolute atomic E-state index is 12.9. The summed E-state index contributed by atoms with van der Waals surface area (Å²) in [5.41, 5.74) is 0.541. The fourth-order valence-electron chi connectivity index (χ4n) is 1.66. The van der Waals surface area contributed by atoms with Crippen molar-refractivity contribution in [2.45, 2.75) is 13.5 Å². The smallest absolute Gasteiger partial charge is 0.361 e. The molecular formula is C13H10FN5O3. The number of nitrogens with zero attached hydrogens (tertiary/aromatic N) is 5. The quantitative estimate of drug-likeness (QED) is 0.673. The van der Waals surface area contributed by atoms with Crippen LogP contribution in [0, 0.1) is 12.7 Å². The first kappa shape index (κ1) is 13.9. The summed E-state index contributed by atoms with van der Waals surface area (Å²) in [6, 6.07) is 5.53. The number of carbonyl (C=O) groups excluding carboxylic acids is 1. The highest BCUT2D eigenvalue weighted by Gasteiger charge is 2.14. The first-order valence-corrected chi connectivity index (χ1v) is 6.26. The van der Waals surface area contributed by atoms with E-state index in [1.807, 2.05) is 0 Å². The lowest BCUT2D eigenvalue weighted by Crippen LogP contribution is -2.08. The SMILES string of the molecule is Cc1nc(COC(=O)c2cnn(-c3ccc(F)cc3)n2)no1. The summed E-state index contributed by atoms with van der Waals surface area (Å²) >= 11 is 0.